The van der Waals surface area contributed by atoms with Crippen LogP contribution >= 0.6 is 27.3 Å². The summed E-state index contributed by atoms with van der Waals surface area (Å²) >= 11 is 5.06. The van der Waals surface area contributed by atoms with Crippen LogP contribution in [-0.2, 0) is 6.42 Å². The van der Waals surface area contributed by atoms with E-state index < -0.39 is 0 Å². The van der Waals surface area contributed by atoms with E-state index in [2.05, 4.69) is 62.7 Å². The highest BCUT2D eigenvalue weighted by molar-refractivity contribution is 9.11. The molecule has 80 valence electrons. The minimum Gasteiger partial charge on any atom is -0.234 e. The summed E-state index contributed by atoms with van der Waals surface area (Å²) in [7, 11) is 0. The van der Waals surface area contributed by atoms with Gasteiger partial charge in [0.05, 0.1) is 5.69 Å². The molecule has 1 heterocycles. The molecule has 2 aromatic rings. The summed E-state index contributed by atoms with van der Waals surface area (Å²) < 4.78 is 0.967. The van der Waals surface area contributed by atoms with Gasteiger partial charge in [-0.3, -0.25) is 0 Å². The summed E-state index contributed by atoms with van der Waals surface area (Å²) in [6, 6.07) is 8.56. The third-order valence-electron chi connectivity index (χ3n) is 2.88. The van der Waals surface area contributed by atoms with Crippen LogP contribution in [0, 0.1) is 0 Å². The van der Waals surface area contributed by atoms with Crippen molar-refractivity contribution in [1.29, 1.82) is 0 Å². The number of nitrogens with zero attached hydrogens (tertiary/aromatic N) is 1. The minimum atomic E-state index is 0.428. The molecule has 0 radical (unpaired) electrons. The first-order valence-corrected chi connectivity index (χ1v) is 6.87. The van der Waals surface area contributed by atoms with Gasteiger partial charge in [0.15, 0.2) is 3.92 Å². The molecular weight excluding hydrogens is 282 g/mol. The molecule has 1 aliphatic rings. The fourth-order valence-electron chi connectivity index (χ4n) is 2.04. The lowest BCUT2D eigenvalue weighted by Crippen LogP contribution is -2.05. The van der Waals surface area contributed by atoms with Crippen molar-refractivity contribution >= 4 is 33.3 Å². The number of hydrogen-bond donors (Lipinski definition) is 0. The lowest BCUT2D eigenvalue weighted by molar-refractivity contribution is 0.800. The van der Waals surface area contributed by atoms with Crippen molar-refractivity contribution in [1.82, 2.24) is 4.98 Å². The fraction of sp³-hybridized carbons (Fsp3) is 0.154. The first kappa shape index (κ1) is 10.2. The Kier molecular flexibility index (Phi) is 2.65. The summed E-state index contributed by atoms with van der Waals surface area (Å²) in [6.45, 7) is 0. The van der Waals surface area contributed by atoms with Crippen LogP contribution in [0.2, 0.25) is 0 Å². The van der Waals surface area contributed by atoms with Crippen molar-refractivity contribution in [3.05, 3.63) is 56.5 Å². The van der Waals surface area contributed by atoms with E-state index in [1.165, 1.54) is 16.8 Å². The zero-order chi connectivity index (χ0) is 11.0. The van der Waals surface area contributed by atoms with E-state index in [1.54, 1.807) is 11.3 Å². The number of thiazole rings is 1. The van der Waals surface area contributed by atoms with Gasteiger partial charge in [-0.15, -0.1) is 11.3 Å². The first-order valence-electron chi connectivity index (χ1n) is 5.20. The van der Waals surface area contributed by atoms with E-state index >= 15 is 0 Å². The van der Waals surface area contributed by atoms with Gasteiger partial charge in [-0.25, -0.2) is 4.98 Å². The highest BCUT2D eigenvalue weighted by atomic mass is 79.9. The average Bonchev–Trinajstić information content (AvgIpc) is 2.75. The van der Waals surface area contributed by atoms with Crippen LogP contribution in [0.15, 0.2) is 39.6 Å². The van der Waals surface area contributed by atoms with Gasteiger partial charge in [0.1, 0.15) is 0 Å². The zero-order valence-electron chi connectivity index (χ0n) is 8.56. The highest BCUT2D eigenvalue weighted by Gasteiger charge is 2.17. The standard InChI is InChI=1S/C13H10BrNS/c14-13-15-12(8-16-13)11-6-5-9-3-1-2-4-10(9)7-11/h1-6,8,11H,7H2. The lowest BCUT2D eigenvalue weighted by Gasteiger charge is -2.17. The number of benzene rings is 1. The predicted molar refractivity (Wildman–Crippen MR) is 71.7 cm³/mol. The monoisotopic (exact) mass is 291 g/mol. The molecule has 1 unspecified atom stereocenters. The van der Waals surface area contributed by atoms with Gasteiger partial charge in [-0.2, -0.15) is 0 Å². The summed E-state index contributed by atoms with van der Waals surface area (Å²) in [6.07, 6.45) is 5.52. The molecule has 0 saturated heterocycles. The van der Waals surface area contributed by atoms with Crippen molar-refractivity contribution in [2.24, 2.45) is 0 Å². The third kappa shape index (κ3) is 1.85. The Morgan fingerprint density at radius 3 is 3.00 bits per heavy atom. The Balaban J connectivity index is 1.94. The van der Waals surface area contributed by atoms with Crippen LogP contribution in [0.3, 0.4) is 0 Å². The maximum absolute atomic E-state index is 4.49. The van der Waals surface area contributed by atoms with E-state index in [0.717, 1.165) is 10.3 Å². The van der Waals surface area contributed by atoms with E-state index in [4.69, 9.17) is 0 Å². The van der Waals surface area contributed by atoms with Gasteiger partial charge in [-0.05, 0) is 33.5 Å². The van der Waals surface area contributed by atoms with Crippen molar-refractivity contribution in [3.63, 3.8) is 0 Å². The van der Waals surface area contributed by atoms with Gasteiger partial charge < -0.3 is 0 Å². The highest BCUT2D eigenvalue weighted by Crippen LogP contribution is 2.31. The Hall–Kier alpha value is -0.930. The third-order valence-corrected chi connectivity index (χ3v) is 4.26. The number of allylic oxidation sites excluding steroid dienone is 1. The van der Waals surface area contributed by atoms with Gasteiger partial charge >= 0.3 is 0 Å². The van der Waals surface area contributed by atoms with E-state index in [1.807, 2.05) is 0 Å². The molecule has 0 amide bonds. The van der Waals surface area contributed by atoms with Crippen molar-refractivity contribution in [2.75, 3.05) is 0 Å². The maximum atomic E-state index is 4.49. The normalized spacial score (nSPS) is 18.4. The number of fused-ring (bicyclic) bond motifs is 1. The molecule has 1 aromatic carbocycles. The Morgan fingerprint density at radius 1 is 1.31 bits per heavy atom. The molecule has 0 bridgehead atoms. The van der Waals surface area contributed by atoms with Crippen molar-refractivity contribution < 1.29 is 0 Å². The molecule has 16 heavy (non-hydrogen) atoms. The van der Waals surface area contributed by atoms with Crippen LogP contribution in [0.5, 0.6) is 0 Å². The van der Waals surface area contributed by atoms with Crippen LogP contribution < -0.4 is 0 Å². The van der Waals surface area contributed by atoms with Crippen LogP contribution in [0.1, 0.15) is 22.7 Å². The number of aromatic nitrogens is 1. The molecule has 1 aliphatic carbocycles. The lowest BCUT2D eigenvalue weighted by atomic mass is 9.88. The molecule has 3 heteroatoms. The van der Waals surface area contributed by atoms with E-state index in [9.17, 15) is 0 Å². The van der Waals surface area contributed by atoms with Crippen molar-refractivity contribution in [2.45, 2.75) is 12.3 Å². The number of rotatable bonds is 1. The van der Waals surface area contributed by atoms with Crippen LogP contribution in [0.25, 0.3) is 6.08 Å². The zero-order valence-corrected chi connectivity index (χ0v) is 11.0. The first-order chi connectivity index (χ1) is 7.83. The molecule has 0 aliphatic heterocycles. The predicted octanol–water partition coefficient (Wildman–Crippen LogP) is 4.26. The Morgan fingerprint density at radius 2 is 2.19 bits per heavy atom. The van der Waals surface area contributed by atoms with E-state index in [-0.39, 0.29) is 0 Å². The Labute approximate surface area is 107 Å². The summed E-state index contributed by atoms with van der Waals surface area (Å²) in [5.74, 6) is 0.428. The van der Waals surface area contributed by atoms with Gasteiger partial charge in [0.2, 0.25) is 0 Å². The molecule has 0 N–H and O–H groups in total. The minimum absolute atomic E-state index is 0.428. The molecule has 1 aromatic heterocycles. The van der Waals surface area contributed by atoms with Crippen LogP contribution in [0.4, 0.5) is 0 Å². The molecule has 3 rings (SSSR count). The number of halogens is 1. The van der Waals surface area contributed by atoms with Crippen molar-refractivity contribution in [3.8, 4) is 0 Å². The maximum Gasteiger partial charge on any atom is 0.159 e. The van der Waals surface area contributed by atoms with Crippen LogP contribution in [-0.4, -0.2) is 4.98 Å². The van der Waals surface area contributed by atoms with Gasteiger partial charge in [0.25, 0.3) is 0 Å². The fourth-order valence-corrected chi connectivity index (χ4v) is 3.13. The molecule has 0 spiro atoms. The summed E-state index contributed by atoms with van der Waals surface area (Å²) in [4.78, 5) is 4.49. The second kappa shape index (κ2) is 4.15. The molecule has 0 fully saturated rings. The quantitative estimate of drug-likeness (QED) is 0.765. The second-order valence-corrected chi connectivity index (χ2v) is 6.03. The molecule has 1 atom stereocenters. The summed E-state index contributed by atoms with van der Waals surface area (Å²) in [5.41, 5.74) is 3.93. The second-order valence-electron chi connectivity index (χ2n) is 3.89. The SMILES string of the molecule is Brc1nc(C2C=Cc3ccccc3C2)cs1. The smallest absolute Gasteiger partial charge is 0.159 e. The van der Waals surface area contributed by atoms with E-state index in [0.29, 0.717) is 5.92 Å². The average molecular weight is 292 g/mol. The van der Waals surface area contributed by atoms with Gasteiger partial charge in [0, 0.05) is 11.3 Å². The largest absolute Gasteiger partial charge is 0.234 e. The van der Waals surface area contributed by atoms with Gasteiger partial charge in [-0.1, -0.05) is 36.4 Å². The number of hydrogen-bond acceptors (Lipinski definition) is 2. The molecular formula is C13H10BrNS. The molecule has 0 saturated carbocycles. The molecule has 1 nitrogen and oxygen atoms in total. The summed E-state index contributed by atoms with van der Waals surface area (Å²) in [5, 5.41) is 2.13. The Bertz CT molecular complexity index is 544. The topological polar surface area (TPSA) is 12.9 Å².